The van der Waals surface area contributed by atoms with Crippen molar-refractivity contribution in [2.45, 2.75) is 0 Å². The van der Waals surface area contributed by atoms with E-state index in [1.165, 1.54) is 0 Å². The molecule has 19 heavy (non-hydrogen) atoms. The van der Waals surface area contributed by atoms with E-state index in [1.54, 1.807) is 21.3 Å². The summed E-state index contributed by atoms with van der Waals surface area (Å²) in [5, 5.41) is 0.976. The molecule has 0 saturated heterocycles. The van der Waals surface area contributed by atoms with E-state index < -0.39 is 8.80 Å². The zero-order valence-electron chi connectivity index (χ0n) is 11.7. The number of benzene rings is 1. The van der Waals surface area contributed by atoms with Gasteiger partial charge in [0.1, 0.15) is 0 Å². The Morgan fingerprint density at radius 3 is 2.05 bits per heavy atom. The molecule has 0 saturated carbocycles. The summed E-state index contributed by atoms with van der Waals surface area (Å²) in [4.78, 5) is 0. The molecular weight excluding hydrogens is 258 g/mol. The van der Waals surface area contributed by atoms with Crippen LogP contribution >= 0.6 is 0 Å². The van der Waals surface area contributed by atoms with Gasteiger partial charge in [0, 0.05) is 51.0 Å². The Morgan fingerprint density at radius 2 is 1.53 bits per heavy atom. The summed E-state index contributed by atoms with van der Waals surface area (Å²) < 4.78 is 18.8. The molecule has 0 N–H and O–H groups in total. The Hall–Kier alpha value is -1.40. The minimum atomic E-state index is -2.83. The zero-order chi connectivity index (χ0) is 13.9. The van der Waals surface area contributed by atoms with E-state index in [4.69, 9.17) is 13.3 Å². The lowest BCUT2D eigenvalue weighted by molar-refractivity contribution is 0.140. The largest absolute Gasteiger partial charge is 0.537 e. The van der Waals surface area contributed by atoms with E-state index in [9.17, 15) is 0 Å². The third-order valence-corrected chi connectivity index (χ3v) is 5.99. The van der Waals surface area contributed by atoms with Crippen molar-refractivity contribution in [2.75, 3.05) is 21.3 Å². The van der Waals surface area contributed by atoms with Gasteiger partial charge >= 0.3 is 8.80 Å². The Kier molecular flexibility index (Phi) is 4.21. The van der Waals surface area contributed by atoms with Gasteiger partial charge in [-0.05, 0) is 12.1 Å². The highest BCUT2D eigenvalue weighted by Crippen LogP contribution is 2.21. The van der Waals surface area contributed by atoms with Gasteiger partial charge in [0.2, 0.25) is 0 Å². The van der Waals surface area contributed by atoms with E-state index in [-0.39, 0.29) is 0 Å². The maximum absolute atomic E-state index is 5.59. The zero-order valence-corrected chi connectivity index (χ0v) is 12.7. The quantitative estimate of drug-likeness (QED) is 0.781. The fourth-order valence-corrected chi connectivity index (χ4v) is 4.30. The molecule has 1 aromatic heterocycles. The molecule has 0 radical (unpaired) electrons. The summed E-state index contributed by atoms with van der Waals surface area (Å²) in [6, 6.07) is 12.1. The third-order valence-electron chi connectivity index (χ3n) is 3.28. The maximum atomic E-state index is 5.59. The molecule has 0 aliphatic rings. The number of nitrogens with zero attached hydrogens (tertiary/aromatic N) is 1. The van der Waals surface area contributed by atoms with Crippen molar-refractivity contribution in [1.82, 2.24) is 4.57 Å². The average Bonchev–Trinajstić information content (AvgIpc) is 2.88. The lowest BCUT2D eigenvalue weighted by Crippen LogP contribution is -2.55. The van der Waals surface area contributed by atoms with Gasteiger partial charge in [-0.1, -0.05) is 24.3 Å². The van der Waals surface area contributed by atoms with Crippen molar-refractivity contribution in [3.05, 3.63) is 42.6 Å². The first-order chi connectivity index (χ1) is 9.18. The number of aryl methyl sites for hydroxylation is 1. The summed E-state index contributed by atoms with van der Waals surface area (Å²) >= 11 is 0. The molecule has 0 aliphatic heterocycles. The molecule has 0 fully saturated rings. The van der Waals surface area contributed by atoms with E-state index >= 15 is 0 Å². The van der Waals surface area contributed by atoms with Crippen molar-refractivity contribution in [1.29, 1.82) is 0 Å². The van der Waals surface area contributed by atoms with Crippen molar-refractivity contribution in [3.8, 4) is 11.3 Å². The van der Waals surface area contributed by atoms with Gasteiger partial charge in [-0.2, -0.15) is 0 Å². The summed E-state index contributed by atoms with van der Waals surface area (Å²) in [6.45, 7) is 0. The molecule has 0 bridgehead atoms. The molecule has 4 nitrogen and oxygen atoms in total. The molecule has 0 atom stereocenters. The van der Waals surface area contributed by atoms with Gasteiger partial charge in [0.15, 0.2) is 0 Å². The summed E-state index contributed by atoms with van der Waals surface area (Å²) in [7, 11) is 4.06. The topological polar surface area (TPSA) is 32.6 Å². The Morgan fingerprint density at radius 1 is 0.895 bits per heavy atom. The second-order valence-corrected chi connectivity index (χ2v) is 7.09. The molecular formula is C14H19NO3Si. The number of rotatable bonds is 5. The van der Waals surface area contributed by atoms with Crippen LogP contribution < -0.4 is 5.19 Å². The molecule has 1 aromatic carbocycles. The fraction of sp³-hybridized carbons (Fsp3) is 0.286. The highest BCUT2D eigenvalue weighted by atomic mass is 28.4. The van der Waals surface area contributed by atoms with Gasteiger partial charge in [-0.3, -0.25) is 0 Å². The SMILES string of the molecule is CO[Si](OC)(OC)c1ccccc1-c1cccn1C. The molecule has 0 amide bonds. The summed E-state index contributed by atoms with van der Waals surface area (Å²) in [6.07, 6.45) is 2.02. The first kappa shape index (κ1) is 14.0. The molecule has 102 valence electrons. The molecule has 2 rings (SSSR count). The van der Waals surface area contributed by atoms with E-state index in [1.807, 2.05) is 37.5 Å². The Balaban J connectivity index is 2.62. The maximum Gasteiger partial charge on any atom is 0.537 e. The number of aromatic nitrogens is 1. The van der Waals surface area contributed by atoms with Gasteiger partial charge in [-0.25, -0.2) is 0 Å². The highest BCUT2D eigenvalue weighted by Gasteiger charge is 2.42. The van der Waals surface area contributed by atoms with Crippen molar-refractivity contribution < 1.29 is 13.3 Å². The predicted octanol–water partition coefficient (Wildman–Crippen LogP) is 1.78. The second kappa shape index (κ2) is 5.71. The van der Waals surface area contributed by atoms with Gasteiger partial charge in [-0.15, -0.1) is 0 Å². The molecule has 0 spiro atoms. The minimum absolute atomic E-state index is 0.976. The van der Waals surface area contributed by atoms with Crippen LogP contribution in [-0.2, 0) is 20.3 Å². The lowest BCUT2D eigenvalue weighted by Gasteiger charge is -2.26. The van der Waals surface area contributed by atoms with Crippen molar-refractivity contribution >= 4 is 14.0 Å². The fourth-order valence-electron chi connectivity index (χ4n) is 2.29. The van der Waals surface area contributed by atoms with Gasteiger partial charge in [0.05, 0.1) is 0 Å². The Bertz CT molecular complexity index is 541. The molecule has 1 heterocycles. The highest BCUT2D eigenvalue weighted by molar-refractivity contribution is 6.76. The van der Waals surface area contributed by atoms with Crippen LogP contribution in [0.15, 0.2) is 42.6 Å². The summed E-state index contributed by atoms with van der Waals surface area (Å²) in [5.41, 5.74) is 2.19. The Labute approximate surface area is 114 Å². The molecule has 5 heteroatoms. The van der Waals surface area contributed by atoms with E-state index in [0.29, 0.717) is 0 Å². The predicted molar refractivity (Wildman–Crippen MR) is 77.3 cm³/mol. The van der Waals surface area contributed by atoms with E-state index in [0.717, 1.165) is 16.4 Å². The van der Waals surface area contributed by atoms with Crippen LogP contribution in [0.1, 0.15) is 0 Å². The molecule has 0 unspecified atom stereocenters. The second-order valence-electron chi connectivity index (χ2n) is 4.22. The lowest BCUT2D eigenvalue weighted by atomic mass is 10.1. The molecule has 2 aromatic rings. The van der Waals surface area contributed by atoms with Crippen LogP contribution in [0.25, 0.3) is 11.3 Å². The first-order valence-corrected chi connectivity index (χ1v) is 7.77. The van der Waals surface area contributed by atoms with Crippen LogP contribution in [0.2, 0.25) is 0 Å². The van der Waals surface area contributed by atoms with Crippen LogP contribution in [0, 0.1) is 0 Å². The van der Waals surface area contributed by atoms with Gasteiger partial charge in [0.25, 0.3) is 0 Å². The number of hydrogen-bond acceptors (Lipinski definition) is 3. The summed E-state index contributed by atoms with van der Waals surface area (Å²) in [5.74, 6) is 0. The smallest absolute Gasteiger partial charge is 0.373 e. The number of hydrogen-bond donors (Lipinski definition) is 0. The van der Waals surface area contributed by atoms with Crippen LogP contribution in [0.5, 0.6) is 0 Å². The monoisotopic (exact) mass is 277 g/mol. The van der Waals surface area contributed by atoms with Crippen molar-refractivity contribution in [2.24, 2.45) is 7.05 Å². The first-order valence-electron chi connectivity index (χ1n) is 6.05. The standard InChI is InChI=1S/C14H19NO3Si/c1-15-11-7-9-13(15)12-8-5-6-10-14(12)19(16-2,17-3)18-4/h5-11H,1-4H3. The third kappa shape index (κ3) is 2.37. The average molecular weight is 277 g/mol. The molecule has 0 aliphatic carbocycles. The normalized spacial score (nSPS) is 11.8. The van der Waals surface area contributed by atoms with Crippen LogP contribution in [0.3, 0.4) is 0 Å². The van der Waals surface area contributed by atoms with Gasteiger partial charge < -0.3 is 17.8 Å². The van der Waals surface area contributed by atoms with Crippen LogP contribution in [0.4, 0.5) is 0 Å². The van der Waals surface area contributed by atoms with E-state index in [2.05, 4.69) is 16.7 Å². The minimum Gasteiger partial charge on any atom is -0.373 e. The van der Waals surface area contributed by atoms with Crippen molar-refractivity contribution in [3.63, 3.8) is 0 Å². The van der Waals surface area contributed by atoms with Crippen LogP contribution in [-0.4, -0.2) is 34.7 Å².